The van der Waals surface area contributed by atoms with Crippen molar-refractivity contribution in [2.45, 2.75) is 25.1 Å². The van der Waals surface area contributed by atoms with E-state index in [1.165, 1.54) is 5.75 Å². The van der Waals surface area contributed by atoms with Crippen LogP contribution in [-0.2, 0) is 6.54 Å². The van der Waals surface area contributed by atoms with Gasteiger partial charge in [-0.25, -0.2) is 0 Å². The molecule has 0 spiro atoms. The number of hydrogen-bond acceptors (Lipinski definition) is 3. The van der Waals surface area contributed by atoms with Crippen LogP contribution in [0.15, 0.2) is 18.3 Å². The van der Waals surface area contributed by atoms with Crippen LogP contribution in [0.5, 0.6) is 0 Å². The molecule has 1 aromatic heterocycles. The Balaban J connectivity index is 1.99. The zero-order chi connectivity index (χ0) is 11.6. The maximum Gasteiger partial charge on any atom is 0.0558 e. The van der Waals surface area contributed by atoms with E-state index in [0.717, 1.165) is 30.4 Å². The average molecular weight is 257 g/mol. The van der Waals surface area contributed by atoms with Crippen LogP contribution < -0.4 is 0 Å². The van der Waals surface area contributed by atoms with E-state index in [2.05, 4.69) is 23.7 Å². The molecule has 0 radical (unpaired) electrons. The molecular weight excluding hydrogens is 240 g/mol. The van der Waals surface area contributed by atoms with Gasteiger partial charge >= 0.3 is 0 Å². The van der Waals surface area contributed by atoms with E-state index < -0.39 is 0 Å². The fourth-order valence-electron chi connectivity index (χ4n) is 2.01. The summed E-state index contributed by atoms with van der Waals surface area (Å²) in [5.74, 6) is 1.20. The standard InChI is InChI=1S/C12H17ClN2S/c1-12(2)9-15(5-6-16-12)8-11-7-10(13)3-4-14-11/h3-4,7H,5-6,8-9H2,1-2H3. The lowest BCUT2D eigenvalue weighted by molar-refractivity contribution is 0.250. The van der Waals surface area contributed by atoms with Gasteiger partial charge in [-0.2, -0.15) is 11.8 Å². The fourth-order valence-corrected chi connectivity index (χ4v) is 3.37. The number of nitrogens with zero attached hydrogens (tertiary/aromatic N) is 2. The Morgan fingerprint density at radius 3 is 3.06 bits per heavy atom. The molecule has 2 nitrogen and oxygen atoms in total. The number of halogens is 1. The lowest BCUT2D eigenvalue weighted by atomic mass is 10.2. The van der Waals surface area contributed by atoms with Crippen molar-refractivity contribution in [3.63, 3.8) is 0 Å². The van der Waals surface area contributed by atoms with Crippen molar-refractivity contribution in [1.29, 1.82) is 0 Å². The second kappa shape index (κ2) is 4.94. The van der Waals surface area contributed by atoms with E-state index in [4.69, 9.17) is 11.6 Å². The van der Waals surface area contributed by atoms with Crippen molar-refractivity contribution in [3.05, 3.63) is 29.0 Å². The average Bonchev–Trinajstić information content (AvgIpc) is 2.15. The number of aromatic nitrogens is 1. The summed E-state index contributed by atoms with van der Waals surface area (Å²) in [6, 6.07) is 3.78. The highest BCUT2D eigenvalue weighted by molar-refractivity contribution is 8.00. The predicted molar refractivity (Wildman–Crippen MR) is 71.1 cm³/mol. The predicted octanol–water partition coefficient (Wildman–Crippen LogP) is 3.06. The highest BCUT2D eigenvalue weighted by Gasteiger charge is 2.26. The Bertz CT molecular complexity index is 368. The van der Waals surface area contributed by atoms with Gasteiger partial charge in [-0.05, 0) is 26.0 Å². The molecule has 1 aromatic rings. The van der Waals surface area contributed by atoms with Crippen molar-refractivity contribution in [1.82, 2.24) is 9.88 Å². The van der Waals surface area contributed by atoms with E-state index >= 15 is 0 Å². The van der Waals surface area contributed by atoms with Crippen LogP contribution >= 0.6 is 23.4 Å². The summed E-state index contributed by atoms with van der Waals surface area (Å²) >= 11 is 8.01. The first kappa shape index (κ1) is 12.2. The second-order valence-corrected chi connectivity index (χ2v) is 7.02. The van der Waals surface area contributed by atoms with Crippen molar-refractivity contribution >= 4 is 23.4 Å². The summed E-state index contributed by atoms with van der Waals surface area (Å²) in [4.78, 5) is 6.80. The van der Waals surface area contributed by atoms with Gasteiger partial charge in [0.15, 0.2) is 0 Å². The summed E-state index contributed by atoms with van der Waals surface area (Å²) < 4.78 is 0.358. The molecule has 0 amide bonds. The molecule has 0 bridgehead atoms. The Hall–Kier alpha value is -0.250. The molecule has 1 saturated heterocycles. The molecule has 2 heterocycles. The van der Waals surface area contributed by atoms with Crippen LogP contribution in [0.4, 0.5) is 0 Å². The molecule has 0 aromatic carbocycles. The summed E-state index contributed by atoms with van der Waals surface area (Å²) in [6.07, 6.45) is 1.78. The zero-order valence-corrected chi connectivity index (χ0v) is 11.3. The SMILES string of the molecule is CC1(C)CN(Cc2cc(Cl)ccn2)CCS1. The summed E-state index contributed by atoms with van der Waals surface area (Å²) in [5.41, 5.74) is 1.07. The molecule has 0 atom stereocenters. The molecule has 1 fully saturated rings. The van der Waals surface area contributed by atoms with Crippen LogP contribution in [0.1, 0.15) is 19.5 Å². The van der Waals surface area contributed by atoms with Gasteiger partial charge in [0.2, 0.25) is 0 Å². The normalized spacial score (nSPS) is 20.9. The third kappa shape index (κ3) is 3.37. The Labute approximate surface area is 106 Å². The number of hydrogen-bond donors (Lipinski definition) is 0. The van der Waals surface area contributed by atoms with E-state index in [1.807, 2.05) is 23.9 Å². The minimum atomic E-state index is 0.358. The van der Waals surface area contributed by atoms with E-state index in [9.17, 15) is 0 Å². The molecule has 2 rings (SSSR count). The first-order valence-corrected chi connectivity index (χ1v) is 6.88. The largest absolute Gasteiger partial charge is 0.295 e. The molecule has 1 aliphatic heterocycles. The molecule has 4 heteroatoms. The lowest BCUT2D eigenvalue weighted by Gasteiger charge is -2.37. The zero-order valence-electron chi connectivity index (χ0n) is 9.74. The van der Waals surface area contributed by atoms with Crippen LogP contribution in [0.3, 0.4) is 0 Å². The maximum absolute atomic E-state index is 5.96. The summed E-state index contributed by atoms with van der Waals surface area (Å²) in [6.45, 7) is 7.77. The van der Waals surface area contributed by atoms with Gasteiger partial charge in [0, 0.05) is 41.4 Å². The monoisotopic (exact) mass is 256 g/mol. The van der Waals surface area contributed by atoms with Gasteiger partial charge in [-0.3, -0.25) is 9.88 Å². The molecule has 0 unspecified atom stereocenters. The molecule has 0 aliphatic carbocycles. The molecule has 0 saturated carbocycles. The van der Waals surface area contributed by atoms with Crippen LogP contribution in [0.25, 0.3) is 0 Å². The van der Waals surface area contributed by atoms with Crippen LogP contribution in [0.2, 0.25) is 5.02 Å². The van der Waals surface area contributed by atoms with Crippen molar-refractivity contribution in [2.24, 2.45) is 0 Å². The van der Waals surface area contributed by atoms with Gasteiger partial charge in [-0.15, -0.1) is 0 Å². The first-order chi connectivity index (χ1) is 7.55. The Kier molecular flexibility index (Phi) is 3.77. The number of pyridine rings is 1. The van der Waals surface area contributed by atoms with Crippen molar-refractivity contribution in [2.75, 3.05) is 18.8 Å². The quantitative estimate of drug-likeness (QED) is 0.809. The topological polar surface area (TPSA) is 16.1 Å². The van der Waals surface area contributed by atoms with E-state index in [0.29, 0.717) is 4.75 Å². The second-order valence-electron chi connectivity index (χ2n) is 4.78. The molecule has 16 heavy (non-hydrogen) atoms. The van der Waals surface area contributed by atoms with Crippen molar-refractivity contribution < 1.29 is 0 Å². The third-order valence-electron chi connectivity index (χ3n) is 2.67. The lowest BCUT2D eigenvalue weighted by Crippen LogP contribution is -2.42. The van der Waals surface area contributed by atoms with Gasteiger partial charge in [-0.1, -0.05) is 11.6 Å². The molecular formula is C12H17ClN2S. The molecule has 0 N–H and O–H groups in total. The molecule has 88 valence electrons. The minimum absolute atomic E-state index is 0.358. The smallest absolute Gasteiger partial charge is 0.0558 e. The van der Waals surface area contributed by atoms with Crippen LogP contribution in [0, 0.1) is 0 Å². The highest BCUT2D eigenvalue weighted by atomic mass is 35.5. The third-order valence-corrected chi connectivity index (χ3v) is 4.20. The van der Waals surface area contributed by atoms with E-state index in [1.54, 1.807) is 6.20 Å². The summed E-state index contributed by atoms with van der Waals surface area (Å²) in [7, 11) is 0. The highest BCUT2D eigenvalue weighted by Crippen LogP contribution is 2.30. The van der Waals surface area contributed by atoms with Crippen molar-refractivity contribution in [3.8, 4) is 0 Å². The van der Waals surface area contributed by atoms with Gasteiger partial charge in [0.25, 0.3) is 0 Å². The Morgan fingerprint density at radius 1 is 1.56 bits per heavy atom. The van der Waals surface area contributed by atoms with Crippen LogP contribution in [-0.4, -0.2) is 33.5 Å². The van der Waals surface area contributed by atoms with Gasteiger partial charge < -0.3 is 0 Å². The van der Waals surface area contributed by atoms with Gasteiger partial charge in [0.1, 0.15) is 0 Å². The minimum Gasteiger partial charge on any atom is -0.295 e. The first-order valence-electron chi connectivity index (χ1n) is 5.52. The van der Waals surface area contributed by atoms with Gasteiger partial charge in [0.05, 0.1) is 5.69 Å². The molecule has 1 aliphatic rings. The fraction of sp³-hybridized carbons (Fsp3) is 0.583. The maximum atomic E-state index is 5.96. The Morgan fingerprint density at radius 2 is 2.38 bits per heavy atom. The van der Waals surface area contributed by atoms with E-state index in [-0.39, 0.29) is 0 Å². The number of rotatable bonds is 2. The summed E-state index contributed by atoms with van der Waals surface area (Å²) in [5, 5.41) is 0.774. The number of thioether (sulfide) groups is 1.